The Morgan fingerprint density at radius 1 is 1.12 bits per heavy atom. The first kappa shape index (κ1) is 16.1. The van der Waals surface area contributed by atoms with E-state index in [4.69, 9.17) is 0 Å². The topological polar surface area (TPSA) is 35.2 Å². The number of halogens is 1. The molecule has 2 heterocycles. The number of likely N-dealkylation sites (N-methyl/N-ethyl adjacent to an activating group) is 1. The van der Waals surface area contributed by atoms with Crippen molar-refractivity contribution in [2.24, 2.45) is 0 Å². The first-order chi connectivity index (χ1) is 12.0. The molecule has 0 spiro atoms. The minimum absolute atomic E-state index is 0.243. The molecule has 0 aliphatic carbocycles. The van der Waals surface area contributed by atoms with Crippen LogP contribution in [0.25, 0.3) is 10.9 Å². The van der Waals surface area contributed by atoms with Crippen LogP contribution >= 0.6 is 0 Å². The quantitative estimate of drug-likeness (QED) is 0.793. The zero-order chi connectivity index (χ0) is 17.6. The van der Waals surface area contributed by atoms with Crippen molar-refractivity contribution in [2.75, 3.05) is 32.1 Å². The Balaban J connectivity index is 1.68. The normalized spacial score (nSPS) is 20.8. The number of rotatable bonds is 3. The Kier molecular flexibility index (Phi) is 3.96. The lowest BCUT2D eigenvalue weighted by molar-refractivity contribution is 0.292. The molecule has 4 rings (SSSR count). The van der Waals surface area contributed by atoms with Crippen LogP contribution < -0.4 is 4.90 Å². The van der Waals surface area contributed by atoms with E-state index in [1.165, 1.54) is 23.3 Å². The van der Waals surface area contributed by atoms with Gasteiger partial charge in [-0.25, -0.2) is 4.39 Å². The minimum Gasteiger partial charge on any atom is -0.352 e. The van der Waals surface area contributed by atoms with Crippen LogP contribution in [0.5, 0.6) is 0 Å². The number of fused-ring (bicyclic) bond motifs is 1. The third kappa shape index (κ3) is 2.89. The predicted octanol–water partition coefficient (Wildman–Crippen LogP) is 3.54. The summed E-state index contributed by atoms with van der Waals surface area (Å²) in [5.74, 6) is 1.09. The van der Waals surface area contributed by atoms with E-state index in [9.17, 15) is 4.39 Å². The van der Waals surface area contributed by atoms with Gasteiger partial charge in [-0.3, -0.25) is 5.10 Å². The fourth-order valence-electron chi connectivity index (χ4n) is 3.84. The highest BCUT2D eigenvalue weighted by Crippen LogP contribution is 2.35. The van der Waals surface area contributed by atoms with Gasteiger partial charge in [0.15, 0.2) is 5.82 Å². The molecule has 1 saturated heterocycles. The molecule has 1 N–H and O–H groups in total. The van der Waals surface area contributed by atoms with E-state index < -0.39 is 0 Å². The summed E-state index contributed by atoms with van der Waals surface area (Å²) in [7, 11) is 4.26. The van der Waals surface area contributed by atoms with Gasteiger partial charge in [0.25, 0.3) is 0 Å². The molecule has 4 nitrogen and oxygen atoms in total. The highest BCUT2D eigenvalue weighted by Gasteiger charge is 2.36. The van der Waals surface area contributed by atoms with Crippen molar-refractivity contribution in [1.82, 2.24) is 15.1 Å². The van der Waals surface area contributed by atoms with Gasteiger partial charge in [0.1, 0.15) is 5.82 Å². The number of anilines is 1. The smallest absolute Gasteiger partial charge is 0.158 e. The van der Waals surface area contributed by atoms with E-state index in [-0.39, 0.29) is 5.82 Å². The Morgan fingerprint density at radius 2 is 1.88 bits per heavy atom. The molecule has 25 heavy (non-hydrogen) atoms. The summed E-state index contributed by atoms with van der Waals surface area (Å²) in [6.07, 6.45) is 0. The molecule has 1 aliphatic rings. The van der Waals surface area contributed by atoms with Crippen LogP contribution in [-0.2, 0) is 0 Å². The molecule has 2 atom stereocenters. The number of aryl methyl sites for hydroxylation is 1. The molecule has 0 radical (unpaired) electrons. The number of H-pyrrole nitrogens is 1. The Hall–Kier alpha value is -2.40. The van der Waals surface area contributed by atoms with Gasteiger partial charge in [0.2, 0.25) is 0 Å². The van der Waals surface area contributed by atoms with Gasteiger partial charge in [0.05, 0.1) is 5.52 Å². The van der Waals surface area contributed by atoms with E-state index in [1.807, 2.05) is 6.07 Å². The van der Waals surface area contributed by atoms with Crippen LogP contribution in [-0.4, -0.2) is 48.3 Å². The second kappa shape index (κ2) is 6.15. The van der Waals surface area contributed by atoms with Gasteiger partial charge in [-0.1, -0.05) is 29.8 Å². The molecule has 1 fully saturated rings. The Bertz CT molecular complexity index is 884. The second-order valence-electron chi connectivity index (χ2n) is 7.19. The van der Waals surface area contributed by atoms with E-state index in [0.717, 1.165) is 29.8 Å². The molecule has 0 bridgehead atoms. The molecular weight excluding hydrogens is 315 g/mol. The van der Waals surface area contributed by atoms with Gasteiger partial charge in [-0.2, -0.15) is 5.10 Å². The van der Waals surface area contributed by atoms with Crippen LogP contribution in [0.2, 0.25) is 0 Å². The van der Waals surface area contributed by atoms with Crippen molar-refractivity contribution in [3.05, 3.63) is 59.4 Å². The van der Waals surface area contributed by atoms with Gasteiger partial charge >= 0.3 is 0 Å². The van der Waals surface area contributed by atoms with Crippen LogP contribution in [0.4, 0.5) is 10.2 Å². The third-order valence-corrected chi connectivity index (χ3v) is 5.26. The molecule has 0 amide bonds. The number of benzene rings is 2. The molecule has 1 aliphatic heterocycles. The molecule has 2 aromatic carbocycles. The summed E-state index contributed by atoms with van der Waals surface area (Å²) >= 11 is 0. The van der Waals surface area contributed by atoms with Crippen LogP contribution in [0, 0.1) is 12.7 Å². The highest BCUT2D eigenvalue weighted by molar-refractivity contribution is 5.90. The molecular formula is C20H23FN4. The van der Waals surface area contributed by atoms with E-state index in [2.05, 4.69) is 65.3 Å². The molecule has 130 valence electrons. The van der Waals surface area contributed by atoms with Crippen LogP contribution in [0.15, 0.2) is 42.5 Å². The number of aromatic nitrogens is 2. The first-order valence-electron chi connectivity index (χ1n) is 8.64. The average molecular weight is 338 g/mol. The number of hydrogen-bond acceptors (Lipinski definition) is 3. The highest BCUT2D eigenvalue weighted by atomic mass is 19.1. The zero-order valence-electron chi connectivity index (χ0n) is 14.8. The minimum atomic E-state index is -0.243. The molecule has 0 unspecified atom stereocenters. The van der Waals surface area contributed by atoms with Crippen molar-refractivity contribution in [1.29, 1.82) is 0 Å². The molecule has 5 heteroatoms. The van der Waals surface area contributed by atoms with Gasteiger partial charge < -0.3 is 9.80 Å². The maximum absolute atomic E-state index is 13.4. The Morgan fingerprint density at radius 3 is 2.60 bits per heavy atom. The standard InChI is InChI=1S/C20H23FN4/c1-13-4-6-14(7-5-13)17-11-25(12-19(17)24(2)3)20-16-9-8-15(21)10-18(16)22-23-20/h4-10,17,19H,11-12H2,1-3H3,(H,22,23)/t17-,19+/m0/s1. The van der Waals surface area contributed by atoms with E-state index >= 15 is 0 Å². The molecule has 3 aromatic rings. The number of hydrogen-bond donors (Lipinski definition) is 1. The van der Waals surface area contributed by atoms with Crippen LogP contribution in [0.3, 0.4) is 0 Å². The molecule has 1 aromatic heterocycles. The summed E-state index contributed by atoms with van der Waals surface area (Å²) in [5.41, 5.74) is 3.38. The number of aromatic amines is 1. The van der Waals surface area contributed by atoms with Crippen LogP contribution in [0.1, 0.15) is 17.0 Å². The van der Waals surface area contributed by atoms with Gasteiger partial charge in [-0.15, -0.1) is 0 Å². The second-order valence-corrected chi connectivity index (χ2v) is 7.19. The monoisotopic (exact) mass is 338 g/mol. The number of nitrogens with one attached hydrogen (secondary N) is 1. The average Bonchev–Trinajstić information content (AvgIpc) is 3.19. The SMILES string of the molecule is Cc1ccc([C@@H]2CN(c3n[nH]c4cc(F)ccc34)C[C@H]2N(C)C)cc1. The maximum atomic E-state index is 13.4. The summed E-state index contributed by atoms with van der Waals surface area (Å²) in [6, 6.07) is 14.1. The maximum Gasteiger partial charge on any atom is 0.158 e. The van der Waals surface area contributed by atoms with Crippen molar-refractivity contribution in [3.63, 3.8) is 0 Å². The largest absolute Gasteiger partial charge is 0.352 e. The van der Waals surface area contributed by atoms with E-state index in [0.29, 0.717) is 12.0 Å². The first-order valence-corrected chi connectivity index (χ1v) is 8.64. The summed E-state index contributed by atoms with van der Waals surface area (Å²) < 4.78 is 13.4. The summed E-state index contributed by atoms with van der Waals surface area (Å²) in [5, 5.41) is 8.41. The van der Waals surface area contributed by atoms with Crippen molar-refractivity contribution < 1.29 is 4.39 Å². The van der Waals surface area contributed by atoms with Crippen molar-refractivity contribution >= 4 is 16.7 Å². The Labute approximate surface area is 147 Å². The molecule has 0 saturated carbocycles. The van der Waals surface area contributed by atoms with E-state index in [1.54, 1.807) is 0 Å². The lowest BCUT2D eigenvalue weighted by Crippen LogP contribution is -2.34. The lowest BCUT2D eigenvalue weighted by Gasteiger charge is -2.25. The van der Waals surface area contributed by atoms with Crippen molar-refractivity contribution in [2.45, 2.75) is 18.9 Å². The predicted molar refractivity (Wildman–Crippen MR) is 99.7 cm³/mol. The summed E-state index contributed by atoms with van der Waals surface area (Å²) in [6.45, 7) is 3.93. The fourth-order valence-corrected chi connectivity index (χ4v) is 3.84. The van der Waals surface area contributed by atoms with Gasteiger partial charge in [-0.05, 0) is 44.8 Å². The lowest BCUT2D eigenvalue weighted by atomic mass is 9.93. The van der Waals surface area contributed by atoms with Crippen molar-refractivity contribution in [3.8, 4) is 0 Å². The summed E-state index contributed by atoms with van der Waals surface area (Å²) in [4.78, 5) is 4.60. The van der Waals surface area contributed by atoms with Gasteiger partial charge in [0, 0.05) is 30.4 Å². The third-order valence-electron chi connectivity index (χ3n) is 5.26. The fraction of sp³-hybridized carbons (Fsp3) is 0.350. The zero-order valence-corrected chi connectivity index (χ0v) is 14.8. The number of nitrogens with zero attached hydrogens (tertiary/aromatic N) is 3.